The number of benzene rings is 2. The van der Waals surface area contributed by atoms with Gasteiger partial charge in [0.1, 0.15) is 11.4 Å². The molecule has 0 fully saturated rings. The second kappa shape index (κ2) is 10.1. The number of rotatable bonds is 9. The molecule has 7 heteroatoms. The lowest BCUT2D eigenvalue weighted by Crippen LogP contribution is -2.24. The maximum absolute atomic E-state index is 14.3. The number of ether oxygens (including phenoxy) is 2. The molecule has 0 aliphatic carbocycles. The zero-order chi connectivity index (χ0) is 25.2. The number of aliphatic hydroxyl groups is 1. The third-order valence-electron chi connectivity index (χ3n) is 6.26. The fourth-order valence-electron chi connectivity index (χ4n) is 4.15. The average molecular weight is 494 g/mol. The Morgan fingerprint density at radius 2 is 1.89 bits per heavy atom. The summed E-state index contributed by atoms with van der Waals surface area (Å²) < 4.78 is 25.4. The predicted molar refractivity (Wildman–Crippen MR) is 137 cm³/mol. The largest absolute Gasteiger partial charge is 0.493 e. The molecule has 2 aromatic heterocycles. The summed E-state index contributed by atoms with van der Waals surface area (Å²) in [6.07, 6.45) is 1.06. The Bertz CT molecular complexity index is 1380. The molecule has 0 saturated heterocycles. The molecule has 182 valence electrons. The van der Waals surface area contributed by atoms with Gasteiger partial charge in [0.2, 0.25) is 0 Å². The van der Waals surface area contributed by atoms with E-state index in [1.54, 1.807) is 37.3 Å². The SMILES string of the molecule is CCc1ccc(C(C)(O)CCC(=O)c2ccc(OC)c(OC)c2)nc1-c1csc2c(F)cccc12. The smallest absolute Gasteiger partial charge is 0.163 e. The van der Waals surface area contributed by atoms with Gasteiger partial charge in [-0.15, -0.1) is 11.3 Å². The Morgan fingerprint density at radius 1 is 1.11 bits per heavy atom. The number of aryl methyl sites for hydroxylation is 1. The van der Waals surface area contributed by atoms with Gasteiger partial charge >= 0.3 is 0 Å². The minimum atomic E-state index is -1.33. The van der Waals surface area contributed by atoms with E-state index in [0.29, 0.717) is 27.5 Å². The Labute approximate surface area is 208 Å². The van der Waals surface area contributed by atoms with Crippen molar-refractivity contribution in [3.8, 4) is 22.8 Å². The van der Waals surface area contributed by atoms with Crippen LogP contribution in [0.25, 0.3) is 21.3 Å². The number of thiophene rings is 1. The topological polar surface area (TPSA) is 68.7 Å². The Hall–Kier alpha value is -3.29. The lowest BCUT2D eigenvalue weighted by molar-refractivity contribution is 0.0397. The van der Waals surface area contributed by atoms with Gasteiger partial charge in [-0.1, -0.05) is 25.1 Å². The number of fused-ring (bicyclic) bond motifs is 1. The number of carbonyl (C=O) groups excluding carboxylic acids is 1. The molecule has 0 aliphatic rings. The number of methoxy groups -OCH3 is 2. The number of aromatic nitrogens is 1. The minimum absolute atomic E-state index is 0.115. The third-order valence-corrected chi connectivity index (χ3v) is 7.27. The summed E-state index contributed by atoms with van der Waals surface area (Å²) in [5.74, 6) is 0.653. The highest BCUT2D eigenvalue weighted by Gasteiger charge is 2.28. The number of carbonyl (C=O) groups is 1. The van der Waals surface area contributed by atoms with Crippen molar-refractivity contribution in [1.29, 1.82) is 0 Å². The van der Waals surface area contributed by atoms with Gasteiger partial charge in [-0.05, 0) is 55.7 Å². The van der Waals surface area contributed by atoms with E-state index < -0.39 is 5.60 Å². The van der Waals surface area contributed by atoms with Crippen LogP contribution >= 0.6 is 11.3 Å². The molecule has 5 nitrogen and oxygen atoms in total. The average Bonchev–Trinajstić information content (AvgIpc) is 3.31. The number of Topliss-reactive ketones (excluding diaryl/α,β-unsaturated/α-hetero) is 1. The Morgan fingerprint density at radius 3 is 2.60 bits per heavy atom. The van der Waals surface area contributed by atoms with E-state index in [2.05, 4.69) is 0 Å². The highest BCUT2D eigenvalue weighted by Crippen LogP contribution is 2.38. The van der Waals surface area contributed by atoms with Gasteiger partial charge in [0.05, 0.1) is 30.3 Å². The summed E-state index contributed by atoms with van der Waals surface area (Å²) >= 11 is 1.34. The number of nitrogens with zero attached hydrogens (tertiary/aromatic N) is 1. The molecule has 1 atom stereocenters. The predicted octanol–water partition coefficient (Wildman–Crippen LogP) is 6.55. The standard InChI is InChI=1S/C28H28FNO4S/c1-5-17-10-12-25(30-26(17)20-16-35-27-19(20)7-6-8-21(27)29)28(2,32)14-13-22(31)18-9-11-23(33-3)24(15-18)34-4/h6-12,15-16,32H,5,13-14H2,1-4H3. The molecule has 0 aliphatic heterocycles. The molecule has 4 aromatic rings. The van der Waals surface area contributed by atoms with Crippen LogP contribution in [0, 0.1) is 5.82 Å². The summed E-state index contributed by atoms with van der Waals surface area (Å²) in [5, 5.41) is 14.0. The minimum Gasteiger partial charge on any atom is -0.493 e. The van der Waals surface area contributed by atoms with E-state index in [9.17, 15) is 14.3 Å². The van der Waals surface area contributed by atoms with Crippen molar-refractivity contribution in [2.75, 3.05) is 14.2 Å². The van der Waals surface area contributed by atoms with Crippen LogP contribution in [0.15, 0.2) is 53.9 Å². The van der Waals surface area contributed by atoms with Gasteiger partial charge in [0.15, 0.2) is 17.3 Å². The molecular weight excluding hydrogens is 465 g/mol. The second-order valence-corrected chi connectivity index (χ2v) is 9.47. The molecule has 4 rings (SSSR count). The van der Waals surface area contributed by atoms with Gasteiger partial charge in [-0.2, -0.15) is 0 Å². The van der Waals surface area contributed by atoms with Gasteiger partial charge in [0, 0.05) is 28.3 Å². The first-order chi connectivity index (χ1) is 16.8. The third kappa shape index (κ3) is 4.92. The molecule has 2 heterocycles. The van der Waals surface area contributed by atoms with E-state index in [1.807, 2.05) is 24.4 Å². The molecule has 0 saturated carbocycles. The number of halogens is 1. The highest BCUT2D eigenvalue weighted by molar-refractivity contribution is 7.17. The van der Waals surface area contributed by atoms with Gasteiger partial charge < -0.3 is 14.6 Å². The van der Waals surface area contributed by atoms with E-state index in [1.165, 1.54) is 31.6 Å². The molecule has 0 amide bonds. The van der Waals surface area contributed by atoms with Crippen LogP contribution in [-0.4, -0.2) is 30.1 Å². The summed E-state index contributed by atoms with van der Waals surface area (Å²) in [6.45, 7) is 3.70. The molecule has 1 N–H and O–H groups in total. The number of hydrogen-bond acceptors (Lipinski definition) is 6. The van der Waals surface area contributed by atoms with Crippen LogP contribution in [-0.2, 0) is 12.0 Å². The fraction of sp³-hybridized carbons (Fsp3) is 0.286. The Balaban J connectivity index is 1.61. The van der Waals surface area contributed by atoms with Crippen molar-refractivity contribution in [3.05, 3.63) is 76.5 Å². The summed E-state index contributed by atoms with van der Waals surface area (Å²) in [4.78, 5) is 17.7. The lowest BCUT2D eigenvalue weighted by atomic mass is 9.91. The fourth-order valence-corrected chi connectivity index (χ4v) is 5.11. The zero-order valence-electron chi connectivity index (χ0n) is 20.2. The second-order valence-electron chi connectivity index (χ2n) is 8.59. The van der Waals surface area contributed by atoms with E-state index >= 15 is 0 Å². The van der Waals surface area contributed by atoms with E-state index in [0.717, 1.165) is 28.6 Å². The first kappa shape index (κ1) is 24.8. The van der Waals surface area contributed by atoms with E-state index in [-0.39, 0.29) is 24.4 Å². The summed E-state index contributed by atoms with van der Waals surface area (Å²) in [5.41, 5.74) is 2.22. The molecule has 0 bridgehead atoms. The number of pyridine rings is 1. The first-order valence-corrected chi connectivity index (χ1v) is 12.3. The number of ketones is 1. The van der Waals surface area contributed by atoms with E-state index in [4.69, 9.17) is 14.5 Å². The number of hydrogen-bond donors (Lipinski definition) is 1. The molecule has 2 aromatic carbocycles. The summed E-state index contributed by atoms with van der Waals surface area (Å²) in [6, 6.07) is 13.8. The molecular formula is C28H28FNO4S. The highest BCUT2D eigenvalue weighted by atomic mass is 32.1. The van der Waals surface area contributed by atoms with Crippen molar-refractivity contribution >= 4 is 27.2 Å². The van der Waals surface area contributed by atoms with Crippen LogP contribution in [0.3, 0.4) is 0 Å². The first-order valence-electron chi connectivity index (χ1n) is 11.4. The van der Waals surface area contributed by atoms with Crippen molar-refractivity contribution in [3.63, 3.8) is 0 Å². The molecule has 0 spiro atoms. The monoisotopic (exact) mass is 493 g/mol. The molecule has 0 radical (unpaired) electrons. The normalized spacial score (nSPS) is 13.0. The lowest BCUT2D eigenvalue weighted by Gasteiger charge is -2.24. The van der Waals surface area contributed by atoms with Crippen LogP contribution in [0.1, 0.15) is 48.3 Å². The van der Waals surface area contributed by atoms with Crippen LogP contribution in [0.4, 0.5) is 4.39 Å². The van der Waals surface area contributed by atoms with Crippen LogP contribution in [0.5, 0.6) is 11.5 Å². The van der Waals surface area contributed by atoms with Gasteiger partial charge in [0.25, 0.3) is 0 Å². The van der Waals surface area contributed by atoms with Crippen LogP contribution in [0.2, 0.25) is 0 Å². The van der Waals surface area contributed by atoms with Crippen molar-refractivity contribution in [2.45, 2.75) is 38.7 Å². The molecule has 35 heavy (non-hydrogen) atoms. The maximum Gasteiger partial charge on any atom is 0.163 e. The molecule has 1 unspecified atom stereocenters. The van der Waals surface area contributed by atoms with Crippen molar-refractivity contribution < 1.29 is 23.8 Å². The van der Waals surface area contributed by atoms with Crippen LogP contribution < -0.4 is 9.47 Å². The quantitative estimate of drug-likeness (QED) is 0.268. The Kier molecular flexibility index (Phi) is 7.19. The van der Waals surface area contributed by atoms with Crippen molar-refractivity contribution in [2.24, 2.45) is 0 Å². The van der Waals surface area contributed by atoms with Gasteiger partial charge in [-0.3, -0.25) is 4.79 Å². The van der Waals surface area contributed by atoms with Crippen molar-refractivity contribution in [1.82, 2.24) is 4.98 Å². The zero-order valence-corrected chi connectivity index (χ0v) is 21.0. The van der Waals surface area contributed by atoms with Gasteiger partial charge in [-0.25, -0.2) is 9.37 Å². The summed E-state index contributed by atoms with van der Waals surface area (Å²) in [7, 11) is 3.06. The maximum atomic E-state index is 14.3.